The highest BCUT2D eigenvalue weighted by Crippen LogP contribution is 2.30. The average Bonchev–Trinajstić information content (AvgIpc) is 2.85. The van der Waals surface area contributed by atoms with Crippen LogP contribution in [0, 0.1) is 0 Å². The van der Waals surface area contributed by atoms with Gasteiger partial charge in [0, 0.05) is 23.9 Å². The van der Waals surface area contributed by atoms with Crippen LogP contribution in [0.3, 0.4) is 0 Å². The maximum Gasteiger partial charge on any atom is 0.422 e. The van der Waals surface area contributed by atoms with Crippen LogP contribution < -0.4 is 10.5 Å². The molecule has 0 radical (unpaired) electrons. The van der Waals surface area contributed by atoms with E-state index in [2.05, 4.69) is 5.10 Å². The highest BCUT2D eigenvalue weighted by Gasteiger charge is 2.28. The van der Waals surface area contributed by atoms with Crippen molar-refractivity contribution in [1.82, 2.24) is 9.78 Å². The van der Waals surface area contributed by atoms with Crippen molar-refractivity contribution in [3.05, 3.63) is 36.7 Å². The van der Waals surface area contributed by atoms with E-state index >= 15 is 0 Å². The van der Waals surface area contributed by atoms with Crippen molar-refractivity contribution >= 4 is 12.4 Å². The minimum Gasteiger partial charge on any atom is -0.483 e. The molecule has 0 saturated heterocycles. The van der Waals surface area contributed by atoms with Gasteiger partial charge in [-0.15, -0.1) is 12.4 Å². The Morgan fingerprint density at radius 1 is 1.24 bits per heavy atom. The lowest BCUT2D eigenvalue weighted by atomic mass is 10.1. The first-order valence-corrected chi connectivity index (χ1v) is 6.01. The SMILES string of the molecule is Cl.NCCn1cc(-c2ccccc2OCC(F)(F)F)cn1. The lowest BCUT2D eigenvalue weighted by Crippen LogP contribution is -2.19. The van der Waals surface area contributed by atoms with Gasteiger partial charge in [0.05, 0.1) is 12.7 Å². The third-order valence-corrected chi connectivity index (χ3v) is 2.58. The van der Waals surface area contributed by atoms with E-state index in [1.807, 2.05) is 0 Å². The lowest BCUT2D eigenvalue weighted by Gasteiger charge is -2.12. The van der Waals surface area contributed by atoms with E-state index in [-0.39, 0.29) is 18.2 Å². The minimum absolute atomic E-state index is 0. The number of hydrogen-bond donors (Lipinski definition) is 1. The zero-order valence-electron chi connectivity index (χ0n) is 11.0. The first-order chi connectivity index (χ1) is 9.49. The second kappa shape index (κ2) is 7.33. The van der Waals surface area contributed by atoms with E-state index in [1.54, 1.807) is 35.3 Å². The molecule has 0 spiro atoms. The quantitative estimate of drug-likeness (QED) is 0.921. The summed E-state index contributed by atoms with van der Waals surface area (Å²) in [5, 5.41) is 4.09. The average molecular weight is 322 g/mol. The van der Waals surface area contributed by atoms with Gasteiger partial charge in [0.15, 0.2) is 6.61 Å². The van der Waals surface area contributed by atoms with E-state index in [0.29, 0.717) is 24.2 Å². The molecule has 8 heteroatoms. The molecule has 0 aliphatic heterocycles. The van der Waals surface area contributed by atoms with E-state index in [4.69, 9.17) is 10.5 Å². The molecule has 0 fully saturated rings. The summed E-state index contributed by atoms with van der Waals surface area (Å²) in [6.45, 7) is -0.333. The number of para-hydroxylation sites is 1. The fourth-order valence-corrected chi connectivity index (χ4v) is 1.75. The summed E-state index contributed by atoms with van der Waals surface area (Å²) in [5.74, 6) is 0.178. The molecule has 4 nitrogen and oxygen atoms in total. The fourth-order valence-electron chi connectivity index (χ4n) is 1.75. The van der Waals surface area contributed by atoms with E-state index < -0.39 is 12.8 Å². The van der Waals surface area contributed by atoms with Crippen LogP contribution in [0.2, 0.25) is 0 Å². The van der Waals surface area contributed by atoms with Crippen LogP contribution in [0.1, 0.15) is 0 Å². The molecule has 2 rings (SSSR count). The van der Waals surface area contributed by atoms with E-state index in [9.17, 15) is 13.2 Å². The zero-order valence-corrected chi connectivity index (χ0v) is 11.8. The molecule has 21 heavy (non-hydrogen) atoms. The first-order valence-electron chi connectivity index (χ1n) is 6.01. The summed E-state index contributed by atoms with van der Waals surface area (Å²) in [4.78, 5) is 0. The normalized spacial score (nSPS) is 11.0. The number of benzene rings is 1. The zero-order chi connectivity index (χ0) is 14.6. The lowest BCUT2D eigenvalue weighted by molar-refractivity contribution is -0.153. The third-order valence-electron chi connectivity index (χ3n) is 2.58. The molecule has 0 unspecified atom stereocenters. The van der Waals surface area contributed by atoms with E-state index in [1.165, 1.54) is 6.07 Å². The highest BCUT2D eigenvalue weighted by molar-refractivity contribution is 5.85. The second-order valence-corrected chi connectivity index (χ2v) is 4.18. The molecule has 2 N–H and O–H groups in total. The van der Waals surface area contributed by atoms with Crippen LogP contribution in [0.15, 0.2) is 36.7 Å². The maximum absolute atomic E-state index is 12.2. The largest absolute Gasteiger partial charge is 0.483 e. The molecule has 0 bridgehead atoms. The summed E-state index contributed by atoms with van der Waals surface area (Å²) < 4.78 is 43.1. The first kappa shape index (κ1) is 17.3. The van der Waals surface area contributed by atoms with Crippen molar-refractivity contribution in [1.29, 1.82) is 0 Å². The van der Waals surface area contributed by atoms with Crippen LogP contribution in [0.5, 0.6) is 5.75 Å². The molecule has 0 saturated carbocycles. The number of hydrogen-bond acceptors (Lipinski definition) is 3. The van der Waals surface area contributed by atoms with Gasteiger partial charge in [-0.2, -0.15) is 18.3 Å². The molecule has 0 aliphatic rings. The van der Waals surface area contributed by atoms with Crippen LogP contribution >= 0.6 is 12.4 Å². The van der Waals surface area contributed by atoms with Gasteiger partial charge >= 0.3 is 6.18 Å². The van der Waals surface area contributed by atoms with Crippen molar-refractivity contribution in [2.24, 2.45) is 5.73 Å². The number of halogens is 4. The Hall–Kier alpha value is -1.73. The maximum atomic E-state index is 12.2. The summed E-state index contributed by atoms with van der Waals surface area (Å²) in [6.07, 6.45) is -1.06. The van der Waals surface area contributed by atoms with Crippen molar-refractivity contribution < 1.29 is 17.9 Å². The van der Waals surface area contributed by atoms with Gasteiger partial charge < -0.3 is 10.5 Å². The predicted octanol–water partition coefficient (Wildman–Crippen LogP) is 2.87. The predicted molar refractivity (Wildman–Crippen MR) is 75.5 cm³/mol. The Labute approximate surface area is 126 Å². The van der Waals surface area contributed by atoms with Gasteiger partial charge in [0.2, 0.25) is 0 Å². The van der Waals surface area contributed by atoms with Crippen LogP contribution in [0.4, 0.5) is 13.2 Å². The van der Waals surface area contributed by atoms with Crippen LogP contribution in [-0.2, 0) is 6.54 Å². The molecule has 0 aliphatic carbocycles. The monoisotopic (exact) mass is 321 g/mol. The Bertz CT molecular complexity index is 572. The Balaban J connectivity index is 0.00000220. The summed E-state index contributed by atoms with van der Waals surface area (Å²) in [7, 11) is 0. The van der Waals surface area contributed by atoms with Gasteiger partial charge in [-0.25, -0.2) is 0 Å². The highest BCUT2D eigenvalue weighted by atomic mass is 35.5. The fraction of sp³-hybridized carbons (Fsp3) is 0.308. The molecule has 0 atom stereocenters. The molecule has 116 valence electrons. The van der Waals surface area contributed by atoms with Crippen LogP contribution in [0.25, 0.3) is 11.1 Å². The minimum atomic E-state index is -4.36. The second-order valence-electron chi connectivity index (χ2n) is 4.18. The number of alkyl halides is 3. The van der Waals surface area contributed by atoms with Crippen LogP contribution in [-0.4, -0.2) is 29.1 Å². The molecular formula is C13H15ClF3N3O. The van der Waals surface area contributed by atoms with Gasteiger partial charge in [-0.1, -0.05) is 18.2 Å². The van der Waals surface area contributed by atoms with Crippen molar-refractivity contribution in [2.45, 2.75) is 12.7 Å². The molecule has 2 aromatic rings. The Morgan fingerprint density at radius 2 is 1.95 bits per heavy atom. The molecule has 1 aromatic heterocycles. The third kappa shape index (κ3) is 4.95. The number of nitrogens with two attached hydrogens (primary N) is 1. The topological polar surface area (TPSA) is 53.1 Å². The number of nitrogens with zero attached hydrogens (tertiary/aromatic N) is 2. The smallest absolute Gasteiger partial charge is 0.422 e. The van der Waals surface area contributed by atoms with Crippen molar-refractivity contribution in [3.8, 4) is 16.9 Å². The summed E-state index contributed by atoms with van der Waals surface area (Å²) >= 11 is 0. The number of ether oxygens (including phenoxy) is 1. The van der Waals surface area contributed by atoms with Gasteiger partial charge in [0.25, 0.3) is 0 Å². The van der Waals surface area contributed by atoms with Crippen molar-refractivity contribution in [2.75, 3.05) is 13.2 Å². The molecule has 1 aromatic carbocycles. The van der Waals surface area contributed by atoms with Crippen molar-refractivity contribution in [3.63, 3.8) is 0 Å². The number of rotatable bonds is 5. The van der Waals surface area contributed by atoms with Gasteiger partial charge in [-0.05, 0) is 6.07 Å². The Kier molecular flexibility index (Phi) is 6.04. The number of aromatic nitrogens is 2. The molecular weight excluding hydrogens is 307 g/mol. The summed E-state index contributed by atoms with van der Waals surface area (Å²) in [6, 6.07) is 6.55. The summed E-state index contributed by atoms with van der Waals surface area (Å²) in [5.41, 5.74) is 6.68. The van der Waals surface area contributed by atoms with Gasteiger partial charge in [0.1, 0.15) is 5.75 Å². The molecule has 1 heterocycles. The van der Waals surface area contributed by atoms with E-state index in [0.717, 1.165) is 0 Å². The Morgan fingerprint density at radius 3 is 2.62 bits per heavy atom. The van der Waals surface area contributed by atoms with Gasteiger partial charge in [-0.3, -0.25) is 4.68 Å². The standard InChI is InChI=1S/C13H14F3N3O.ClH/c14-13(15,16)9-20-12-4-2-1-3-11(12)10-7-18-19(8-10)6-5-17;/h1-4,7-8H,5-6,9,17H2;1H. The molecule has 0 amide bonds.